The van der Waals surface area contributed by atoms with Crippen LogP contribution in [0.1, 0.15) is 18.4 Å². The molecule has 1 amide bonds. The molecule has 9 heteroatoms. The molecule has 1 aromatic heterocycles. The van der Waals surface area contributed by atoms with E-state index in [4.69, 9.17) is 0 Å². The van der Waals surface area contributed by atoms with Crippen LogP contribution in [-0.2, 0) is 21.9 Å². The molecule has 1 atom stereocenters. The average molecular weight is 363 g/mol. The van der Waals surface area contributed by atoms with Crippen LogP contribution in [0, 0.1) is 6.92 Å². The van der Waals surface area contributed by atoms with Gasteiger partial charge in [0.1, 0.15) is 12.4 Å². The summed E-state index contributed by atoms with van der Waals surface area (Å²) in [7, 11) is -1.55. The van der Waals surface area contributed by atoms with Gasteiger partial charge in [-0.1, -0.05) is 12.1 Å². The number of aromatic nitrogens is 3. The number of carbonyl (C=O) groups is 1. The Balaban J connectivity index is 1.86. The van der Waals surface area contributed by atoms with Gasteiger partial charge in [0.2, 0.25) is 15.9 Å². The highest BCUT2D eigenvalue weighted by Crippen LogP contribution is 2.28. The van der Waals surface area contributed by atoms with E-state index >= 15 is 0 Å². The van der Waals surface area contributed by atoms with Crippen LogP contribution in [0.25, 0.3) is 11.4 Å². The van der Waals surface area contributed by atoms with Crippen LogP contribution in [-0.4, -0.2) is 52.2 Å². The average Bonchev–Trinajstić information content (AvgIpc) is 3.18. The Kier molecular flexibility index (Phi) is 4.61. The fourth-order valence-electron chi connectivity index (χ4n) is 3.16. The lowest BCUT2D eigenvalue weighted by Gasteiger charge is -2.22. The van der Waals surface area contributed by atoms with Crippen molar-refractivity contribution in [2.24, 2.45) is 7.05 Å². The Hall–Kier alpha value is -2.26. The van der Waals surface area contributed by atoms with E-state index in [1.165, 1.54) is 4.31 Å². The maximum absolute atomic E-state index is 12.6. The van der Waals surface area contributed by atoms with Gasteiger partial charge in [0.05, 0.1) is 6.26 Å². The van der Waals surface area contributed by atoms with Gasteiger partial charge in [-0.2, -0.15) is 4.31 Å². The molecule has 1 aliphatic rings. The predicted molar refractivity (Wildman–Crippen MR) is 94.4 cm³/mol. The number of rotatable bonds is 4. The summed E-state index contributed by atoms with van der Waals surface area (Å²) in [5.41, 5.74) is 2.37. The Labute approximate surface area is 146 Å². The number of hydrogen-bond acceptors (Lipinski definition) is 5. The van der Waals surface area contributed by atoms with Crippen LogP contribution in [0.3, 0.4) is 0 Å². The molecule has 0 aliphatic carbocycles. The molecule has 1 aliphatic heterocycles. The summed E-state index contributed by atoms with van der Waals surface area (Å²) in [4.78, 5) is 12.6. The second-order valence-electron chi connectivity index (χ2n) is 6.26. The molecule has 1 N–H and O–H groups in total. The number of hydrogen-bond donors (Lipinski definition) is 1. The van der Waals surface area contributed by atoms with Gasteiger partial charge < -0.3 is 9.88 Å². The topological polar surface area (TPSA) is 97.2 Å². The molecule has 1 fully saturated rings. The first kappa shape index (κ1) is 17.6. The Bertz CT molecular complexity index is 906. The van der Waals surface area contributed by atoms with E-state index in [2.05, 4.69) is 15.5 Å². The van der Waals surface area contributed by atoms with Crippen molar-refractivity contribution in [3.8, 4) is 11.4 Å². The minimum absolute atomic E-state index is 0.304. The molecule has 2 heterocycles. The van der Waals surface area contributed by atoms with Crippen molar-refractivity contribution in [1.29, 1.82) is 0 Å². The number of carbonyl (C=O) groups excluding carboxylic acids is 1. The lowest BCUT2D eigenvalue weighted by atomic mass is 10.1. The Morgan fingerprint density at radius 2 is 2.12 bits per heavy atom. The second-order valence-corrected chi connectivity index (χ2v) is 8.20. The fourth-order valence-corrected chi connectivity index (χ4v) is 4.28. The molecule has 1 unspecified atom stereocenters. The van der Waals surface area contributed by atoms with Gasteiger partial charge in [0.25, 0.3) is 0 Å². The van der Waals surface area contributed by atoms with Gasteiger partial charge in [-0.05, 0) is 31.4 Å². The molecular formula is C16H21N5O3S. The van der Waals surface area contributed by atoms with Crippen molar-refractivity contribution in [2.75, 3.05) is 18.1 Å². The lowest BCUT2D eigenvalue weighted by Crippen LogP contribution is -2.42. The first-order chi connectivity index (χ1) is 11.8. The fraction of sp³-hybridized carbons (Fsp3) is 0.438. The smallest absolute Gasteiger partial charge is 0.242 e. The van der Waals surface area contributed by atoms with Crippen LogP contribution in [0.2, 0.25) is 0 Å². The minimum atomic E-state index is -3.40. The summed E-state index contributed by atoms with van der Waals surface area (Å²) in [5.74, 6) is 0.397. The number of aryl methyl sites for hydroxylation is 1. The second kappa shape index (κ2) is 6.57. The van der Waals surface area contributed by atoms with Gasteiger partial charge in [-0.15, -0.1) is 10.2 Å². The predicted octanol–water partition coefficient (Wildman–Crippen LogP) is 1.15. The molecule has 0 saturated carbocycles. The van der Waals surface area contributed by atoms with E-state index in [9.17, 15) is 13.2 Å². The number of anilines is 1. The summed E-state index contributed by atoms with van der Waals surface area (Å²) in [6, 6.07) is 4.88. The van der Waals surface area contributed by atoms with Crippen LogP contribution < -0.4 is 5.32 Å². The summed E-state index contributed by atoms with van der Waals surface area (Å²) in [6.45, 7) is 2.28. The highest BCUT2D eigenvalue weighted by atomic mass is 32.2. The highest BCUT2D eigenvalue weighted by molar-refractivity contribution is 7.88. The maximum atomic E-state index is 12.6. The van der Waals surface area contributed by atoms with Crippen molar-refractivity contribution in [3.63, 3.8) is 0 Å². The van der Waals surface area contributed by atoms with E-state index in [0.29, 0.717) is 30.9 Å². The molecule has 134 valence electrons. The van der Waals surface area contributed by atoms with Crippen molar-refractivity contribution in [3.05, 3.63) is 30.1 Å². The maximum Gasteiger partial charge on any atom is 0.242 e. The molecule has 0 radical (unpaired) electrons. The molecule has 2 aromatic rings. The van der Waals surface area contributed by atoms with E-state index in [0.717, 1.165) is 17.4 Å². The van der Waals surface area contributed by atoms with Gasteiger partial charge >= 0.3 is 0 Å². The molecule has 1 saturated heterocycles. The van der Waals surface area contributed by atoms with E-state index in [1.807, 2.05) is 26.1 Å². The molecule has 0 bridgehead atoms. The minimum Gasteiger partial charge on any atom is -0.324 e. The van der Waals surface area contributed by atoms with Crippen LogP contribution >= 0.6 is 0 Å². The quantitative estimate of drug-likeness (QED) is 0.879. The SMILES string of the molecule is Cc1c(NC(=O)C2CCCN2S(C)(=O)=O)cccc1-c1nncn1C. The van der Waals surface area contributed by atoms with Crippen molar-refractivity contribution in [2.45, 2.75) is 25.8 Å². The third-order valence-electron chi connectivity index (χ3n) is 4.48. The summed E-state index contributed by atoms with van der Waals surface area (Å²) in [6.07, 6.45) is 3.96. The van der Waals surface area contributed by atoms with Crippen LogP contribution in [0.15, 0.2) is 24.5 Å². The lowest BCUT2D eigenvalue weighted by molar-refractivity contribution is -0.119. The van der Waals surface area contributed by atoms with Gasteiger partial charge in [0, 0.05) is 24.8 Å². The van der Waals surface area contributed by atoms with Crippen molar-refractivity contribution in [1.82, 2.24) is 19.1 Å². The zero-order valence-corrected chi connectivity index (χ0v) is 15.2. The molecule has 3 rings (SSSR count). The van der Waals surface area contributed by atoms with Gasteiger partial charge in [-0.25, -0.2) is 8.42 Å². The largest absolute Gasteiger partial charge is 0.324 e. The van der Waals surface area contributed by atoms with Gasteiger partial charge in [0.15, 0.2) is 5.82 Å². The number of amides is 1. The number of nitrogens with one attached hydrogen (secondary N) is 1. The van der Waals surface area contributed by atoms with E-state index in [-0.39, 0.29) is 5.91 Å². The van der Waals surface area contributed by atoms with Gasteiger partial charge in [-0.3, -0.25) is 4.79 Å². The molecule has 0 spiro atoms. The third kappa shape index (κ3) is 3.42. The van der Waals surface area contributed by atoms with Crippen LogP contribution in [0.4, 0.5) is 5.69 Å². The zero-order chi connectivity index (χ0) is 18.2. The zero-order valence-electron chi connectivity index (χ0n) is 14.4. The highest BCUT2D eigenvalue weighted by Gasteiger charge is 2.36. The Morgan fingerprint density at radius 3 is 2.76 bits per heavy atom. The number of sulfonamides is 1. The first-order valence-corrected chi connectivity index (χ1v) is 9.85. The van der Waals surface area contributed by atoms with E-state index in [1.54, 1.807) is 17.0 Å². The summed E-state index contributed by atoms with van der Waals surface area (Å²) >= 11 is 0. The molecule has 25 heavy (non-hydrogen) atoms. The van der Waals surface area contributed by atoms with Crippen LogP contribution in [0.5, 0.6) is 0 Å². The monoisotopic (exact) mass is 363 g/mol. The molecular weight excluding hydrogens is 342 g/mol. The van der Waals surface area contributed by atoms with Crippen molar-refractivity contribution >= 4 is 21.6 Å². The van der Waals surface area contributed by atoms with E-state index < -0.39 is 16.1 Å². The first-order valence-electron chi connectivity index (χ1n) is 8.00. The standard InChI is InChI=1S/C16H21N5O3S/c1-11-12(15-19-17-10-20(15)2)6-4-7-13(11)18-16(22)14-8-5-9-21(14)25(3,23)24/h4,6-7,10,14H,5,8-9H2,1-3H3,(H,18,22). The summed E-state index contributed by atoms with van der Waals surface area (Å²) in [5, 5.41) is 10.9. The number of nitrogens with zero attached hydrogens (tertiary/aromatic N) is 4. The summed E-state index contributed by atoms with van der Waals surface area (Å²) < 4.78 is 26.8. The van der Waals surface area contributed by atoms with Crippen molar-refractivity contribution < 1.29 is 13.2 Å². The molecule has 8 nitrogen and oxygen atoms in total. The Morgan fingerprint density at radius 1 is 1.36 bits per heavy atom. The third-order valence-corrected chi connectivity index (χ3v) is 5.77. The number of benzene rings is 1. The normalized spacial score (nSPS) is 18.4. The molecule has 1 aromatic carbocycles.